The van der Waals surface area contributed by atoms with Crippen LogP contribution in [0.3, 0.4) is 0 Å². The summed E-state index contributed by atoms with van der Waals surface area (Å²) in [6.07, 6.45) is 2.99. The van der Waals surface area contributed by atoms with E-state index in [1.807, 2.05) is 42.1 Å². The maximum atomic E-state index is 12.3. The monoisotopic (exact) mass is 306 g/mol. The zero-order chi connectivity index (χ0) is 14.7. The van der Waals surface area contributed by atoms with Crippen LogP contribution < -0.4 is 11.1 Å². The van der Waals surface area contributed by atoms with Crippen LogP contribution in [0.15, 0.2) is 30.3 Å². The van der Waals surface area contributed by atoms with E-state index < -0.39 is 5.54 Å². The van der Waals surface area contributed by atoms with E-state index in [9.17, 15) is 4.79 Å². The normalized spacial score (nSPS) is 21.5. The number of carbonyl (C=O) groups excluding carboxylic acids is 1. The molecule has 0 aromatic heterocycles. The molecule has 1 unspecified atom stereocenters. The highest BCUT2D eigenvalue weighted by Crippen LogP contribution is 2.33. The van der Waals surface area contributed by atoms with Crippen molar-refractivity contribution in [1.82, 2.24) is 5.32 Å². The Labute approximate surface area is 129 Å². The van der Waals surface area contributed by atoms with Crippen LogP contribution >= 0.6 is 11.8 Å². The lowest BCUT2D eigenvalue weighted by atomic mass is 9.86. The SMILES string of the molecule is NC(=O)C(CCSC1COC1)(NC1CC1)c1ccccc1. The Morgan fingerprint density at radius 1 is 1.33 bits per heavy atom. The highest BCUT2D eigenvalue weighted by Gasteiger charge is 2.42. The van der Waals surface area contributed by atoms with Gasteiger partial charge in [-0.25, -0.2) is 0 Å². The van der Waals surface area contributed by atoms with E-state index >= 15 is 0 Å². The minimum absolute atomic E-state index is 0.272. The number of hydrogen-bond donors (Lipinski definition) is 2. The minimum Gasteiger partial charge on any atom is -0.379 e. The van der Waals surface area contributed by atoms with Crippen LogP contribution in [0.25, 0.3) is 0 Å². The van der Waals surface area contributed by atoms with E-state index in [2.05, 4.69) is 5.32 Å². The first-order chi connectivity index (χ1) is 10.2. The summed E-state index contributed by atoms with van der Waals surface area (Å²) < 4.78 is 5.20. The van der Waals surface area contributed by atoms with Crippen LogP contribution in [0, 0.1) is 0 Å². The fraction of sp³-hybridized carbons (Fsp3) is 0.562. The van der Waals surface area contributed by atoms with E-state index in [-0.39, 0.29) is 5.91 Å². The lowest BCUT2D eigenvalue weighted by Gasteiger charge is -2.34. The first kappa shape index (κ1) is 14.9. The molecule has 1 aliphatic carbocycles. The third-order valence-electron chi connectivity index (χ3n) is 4.15. The Kier molecular flexibility index (Phi) is 4.52. The highest BCUT2D eigenvalue weighted by molar-refractivity contribution is 8.00. The van der Waals surface area contributed by atoms with Crippen LogP contribution in [0.2, 0.25) is 0 Å². The molecule has 1 aromatic carbocycles. The number of amides is 1. The van der Waals surface area contributed by atoms with Gasteiger partial charge in [-0.05, 0) is 30.6 Å². The molecule has 21 heavy (non-hydrogen) atoms. The molecule has 2 aliphatic rings. The Bertz CT molecular complexity index is 488. The number of nitrogens with two attached hydrogens (primary N) is 1. The van der Waals surface area contributed by atoms with E-state index in [1.165, 1.54) is 0 Å². The first-order valence-electron chi connectivity index (χ1n) is 7.53. The van der Waals surface area contributed by atoms with E-state index in [1.54, 1.807) is 0 Å². The van der Waals surface area contributed by atoms with Crippen LogP contribution in [0.5, 0.6) is 0 Å². The summed E-state index contributed by atoms with van der Waals surface area (Å²) in [7, 11) is 0. The molecule has 3 rings (SSSR count). The minimum atomic E-state index is -0.736. The second kappa shape index (κ2) is 6.38. The van der Waals surface area contributed by atoms with Crippen LogP contribution in [-0.4, -0.2) is 36.2 Å². The molecule has 3 N–H and O–H groups in total. The van der Waals surface area contributed by atoms with Crippen molar-refractivity contribution in [2.45, 2.75) is 36.1 Å². The summed E-state index contributed by atoms with van der Waals surface area (Å²) in [5, 5.41) is 4.09. The smallest absolute Gasteiger partial charge is 0.242 e. The van der Waals surface area contributed by atoms with Gasteiger partial charge >= 0.3 is 0 Å². The largest absolute Gasteiger partial charge is 0.379 e. The van der Waals surface area contributed by atoms with Gasteiger partial charge in [-0.15, -0.1) is 0 Å². The van der Waals surface area contributed by atoms with Gasteiger partial charge < -0.3 is 10.5 Å². The van der Waals surface area contributed by atoms with Crippen molar-refractivity contribution in [1.29, 1.82) is 0 Å². The molecule has 1 saturated carbocycles. The summed E-state index contributed by atoms with van der Waals surface area (Å²) in [6, 6.07) is 10.3. The Morgan fingerprint density at radius 2 is 2.05 bits per heavy atom. The maximum Gasteiger partial charge on any atom is 0.242 e. The van der Waals surface area contributed by atoms with Gasteiger partial charge in [0.2, 0.25) is 5.91 Å². The molecule has 0 spiro atoms. The molecule has 4 nitrogen and oxygen atoms in total. The van der Waals surface area contributed by atoms with Gasteiger partial charge in [-0.2, -0.15) is 11.8 Å². The molecule has 114 valence electrons. The number of nitrogens with one attached hydrogen (secondary N) is 1. The van der Waals surface area contributed by atoms with Gasteiger partial charge in [-0.1, -0.05) is 30.3 Å². The lowest BCUT2D eigenvalue weighted by Crippen LogP contribution is -2.54. The Hall–Kier alpha value is -1.04. The van der Waals surface area contributed by atoms with Crippen molar-refractivity contribution in [3.8, 4) is 0 Å². The third kappa shape index (κ3) is 3.42. The first-order valence-corrected chi connectivity index (χ1v) is 8.58. The van der Waals surface area contributed by atoms with Crippen molar-refractivity contribution in [2.75, 3.05) is 19.0 Å². The van der Waals surface area contributed by atoms with E-state index in [0.29, 0.717) is 11.3 Å². The molecule has 0 bridgehead atoms. The zero-order valence-corrected chi connectivity index (χ0v) is 12.9. The number of thioether (sulfide) groups is 1. The predicted octanol–water partition coefficient (Wildman–Crippen LogP) is 1.64. The molecule has 1 aromatic rings. The molecule has 1 amide bonds. The summed E-state index contributed by atoms with van der Waals surface area (Å²) >= 11 is 1.88. The third-order valence-corrected chi connectivity index (χ3v) is 5.34. The second-order valence-corrected chi connectivity index (χ2v) is 7.24. The molecule has 1 heterocycles. The van der Waals surface area contributed by atoms with Crippen molar-refractivity contribution >= 4 is 17.7 Å². The van der Waals surface area contributed by atoms with Crippen molar-refractivity contribution in [2.24, 2.45) is 5.73 Å². The van der Waals surface area contributed by atoms with Crippen molar-refractivity contribution < 1.29 is 9.53 Å². The fourth-order valence-corrected chi connectivity index (χ4v) is 3.77. The van der Waals surface area contributed by atoms with E-state index in [0.717, 1.165) is 43.8 Å². The summed E-state index contributed by atoms with van der Waals surface area (Å²) in [4.78, 5) is 12.3. The summed E-state index contributed by atoms with van der Waals surface area (Å²) in [5.41, 5.74) is 6.05. The molecule has 1 saturated heterocycles. The van der Waals surface area contributed by atoms with Gasteiger partial charge in [0.15, 0.2) is 0 Å². The number of primary amides is 1. The number of rotatable bonds is 8. The molecular formula is C16H22N2O2S. The fourth-order valence-electron chi connectivity index (χ4n) is 2.62. The number of carbonyl (C=O) groups is 1. The number of hydrogen-bond acceptors (Lipinski definition) is 4. The topological polar surface area (TPSA) is 64.4 Å². The molecule has 1 atom stereocenters. The van der Waals surface area contributed by atoms with E-state index in [4.69, 9.17) is 10.5 Å². The van der Waals surface area contributed by atoms with Crippen molar-refractivity contribution in [3.63, 3.8) is 0 Å². The van der Waals surface area contributed by atoms with Crippen LogP contribution in [0.1, 0.15) is 24.8 Å². The van der Waals surface area contributed by atoms with Gasteiger partial charge in [-0.3, -0.25) is 10.1 Å². The van der Waals surface area contributed by atoms with Gasteiger partial charge in [0, 0.05) is 6.04 Å². The molecular weight excluding hydrogens is 284 g/mol. The van der Waals surface area contributed by atoms with Crippen LogP contribution in [-0.2, 0) is 15.1 Å². The zero-order valence-electron chi connectivity index (χ0n) is 12.1. The van der Waals surface area contributed by atoms with Crippen molar-refractivity contribution in [3.05, 3.63) is 35.9 Å². The lowest BCUT2D eigenvalue weighted by molar-refractivity contribution is -0.125. The summed E-state index contributed by atoms with van der Waals surface area (Å²) in [5.74, 6) is 0.636. The predicted molar refractivity (Wildman–Crippen MR) is 85.2 cm³/mol. The second-order valence-electron chi connectivity index (χ2n) is 5.83. The van der Waals surface area contributed by atoms with Crippen LogP contribution in [0.4, 0.5) is 0 Å². The molecule has 1 aliphatic heterocycles. The van der Waals surface area contributed by atoms with Gasteiger partial charge in [0.05, 0.1) is 18.5 Å². The highest BCUT2D eigenvalue weighted by atomic mass is 32.2. The summed E-state index contributed by atoms with van der Waals surface area (Å²) in [6.45, 7) is 1.66. The molecule has 5 heteroatoms. The maximum absolute atomic E-state index is 12.3. The number of ether oxygens (including phenoxy) is 1. The molecule has 2 fully saturated rings. The average Bonchev–Trinajstić information content (AvgIpc) is 3.25. The average molecular weight is 306 g/mol. The van der Waals surface area contributed by atoms with Gasteiger partial charge in [0.25, 0.3) is 0 Å². The van der Waals surface area contributed by atoms with Gasteiger partial charge in [0.1, 0.15) is 5.54 Å². The molecule has 0 radical (unpaired) electrons. The Morgan fingerprint density at radius 3 is 2.57 bits per heavy atom. The number of benzene rings is 1. The quantitative estimate of drug-likeness (QED) is 0.766. The standard InChI is InChI=1S/C16H22N2O2S/c17-15(19)16(18-13-6-7-13,12-4-2-1-3-5-12)8-9-21-14-10-20-11-14/h1-5,13-14,18H,6-11H2,(H2,17,19). The Balaban J connectivity index is 1.75.